The average molecular weight is 434 g/mol. The lowest BCUT2D eigenvalue weighted by Crippen LogP contribution is -2.31. The molecule has 0 radical (unpaired) electrons. The van der Waals surface area contributed by atoms with Gasteiger partial charge in [0.05, 0.1) is 11.5 Å². The van der Waals surface area contributed by atoms with Gasteiger partial charge >= 0.3 is 0 Å². The molecule has 5 nitrogen and oxygen atoms in total. The van der Waals surface area contributed by atoms with Gasteiger partial charge in [0, 0.05) is 17.0 Å². The van der Waals surface area contributed by atoms with Crippen LogP contribution in [0.15, 0.2) is 70.9 Å². The van der Waals surface area contributed by atoms with Gasteiger partial charge in [0.2, 0.25) is 0 Å². The number of hydrogen-bond acceptors (Lipinski definition) is 5. The maximum atomic E-state index is 13.2. The molecule has 0 bridgehead atoms. The fraction of sp³-hybridized carbons (Fsp3) is 0.190. The van der Waals surface area contributed by atoms with Crippen molar-refractivity contribution in [1.29, 1.82) is 0 Å². The highest BCUT2D eigenvalue weighted by Crippen LogP contribution is 2.31. The first kappa shape index (κ1) is 21.0. The largest absolute Gasteiger partial charge is 0.494 e. The second-order valence-electron chi connectivity index (χ2n) is 6.17. The van der Waals surface area contributed by atoms with Crippen molar-refractivity contribution >= 4 is 27.1 Å². The average Bonchev–Trinajstić information content (AvgIpc) is 3.23. The Balaban J connectivity index is 1.80. The number of benzene rings is 2. The third-order valence-electron chi connectivity index (χ3n) is 4.25. The highest BCUT2D eigenvalue weighted by Gasteiger charge is 2.30. The van der Waals surface area contributed by atoms with E-state index in [2.05, 4.69) is 5.32 Å². The Morgan fingerprint density at radius 2 is 1.79 bits per heavy atom. The van der Waals surface area contributed by atoms with Crippen molar-refractivity contribution in [3.8, 4) is 5.75 Å². The Hall–Kier alpha value is -2.71. The van der Waals surface area contributed by atoms with E-state index in [-0.39, 0.29) is 17.3 Å². The van der Waals surface area contributed by atoms with Crippen LogP contribution in [-0.4, -0.2) is 27.5 Å². The minimum absolute atomic E-state index is 0.00705. The molecule has 3 aromatic rings. The number of hydrogen-bond donors (Lipinski definition) is 1. The summed E-state index contributed by atoms with van der Waals surface area (Å²) in [6.45, 7) is 2.29. The Bertz CT molecular complexity index is 1050. The third-order valence-corrected chi connectivity index (χ3v) is 7.49. The van der Waals surface area contributed by atoms with Gasteiger partial charge in [-0.25, -0.2) is 12.8 Å². The van der Waals surface area contributed by atoms with Gasteiger partial charge in [-0.2, -0.15) is 0 Å². The molecule has 8 heteroatoms. The van der Waals surface area contributed by atoms with Crippen molar-refractivity contribution in [3.05, 3.63) is 82.3 Å². The Morgan fingerprint density at radius 1 is 1.10 bits per heavy atom. The predicted octanol–water partition coefficient (Wildman–Crippen LogP) is 4.23. The molecular formula is C21H20FNO4S2. The number of ether oxygens (including phenoxy) is 1. The van der Waals surface area contributed by atoms with Gasteiger partial charge in [0.25, 0.3) is 5.91 Å². The second-order valence-corrected chi connectivity index (χ2v) is 9.28. The molecule has 3 rings (SSSR count). The molecule has 0 saturated heterocycles. The van der Waals surface area contributed by atoms with Crippen LogP contribution in [0.25, 0.3) is 0 Å². The number of carbonyl (C=O) groups excluding carboxylic acids is 1. The van der Waals surface area contributed by atoms with Crippen LogP contribution in [-0.2, 0) is 9.84 Å². The lowest BCUT2D eigenvalue weighted by atomic mass is 10.2. The van der Waals surface area contributed by atoms with Crippen molar-refractivity contribution in [2.45, 2.75) is 17.1 Å². The fourth-order valence-electron chi connectivity index (χ4n) is 2.78. The van der Waals surface area contributed by atoms with Gasteiger partial charge in [-0.3, -0.25) is 4.79 Å². The molecule has 1 N–H and O–H groups in total. The number of sulfone groups is 1. The van der Waals surface area contributed by atoms with E-state index in [0.29, 0.717) is 22.8 Å². The van der Waals surface area contributed by atoms with Crippen LogP contribution in [0.5, 0.6) is 5.75 Å². The van der Waals surface area contributed by atoms with Crippen LogP contribution in [0.2, 0.25) is 0 Å². The number of nitrogens with one attached hydrogen (secondary N) is 1. The Labute approximate surface area is 173 Å². The molecule has 0 aliphatic heterocycles. The quantitative estimate of drug-likeness (QED) is 0.540. The Morgan fingerprint density at radius 3 is 2.38 bits per heavy atom. The lowest BCUT2D eigenvalue weighted by molar-refractivity contribution is 0.0953. The van der Waals surface area contributed by atoms with E-state index < -0.39 is 20.9 Å². The van der Waals surface area contributed by atoms with Gasteiger partial charge in [0.1, 0.15) is 16.8 Å². The maximum Gasteiger partial charge on any atom is 0.251 e. The van der Waals surface area contributed by atoms with Crippen molar-refractivity contribution < 1.29 is 22.3 Å². The van der Waals surface area contributed by atoms with Crippen molar-refractivity contribution in [1.82, 2.24) is 5.32 Å². The third kappa shape index (κ3) is 5.02. The molecule has 29 heavy (non-hydrogen) atoms. The molecule has 0 unspecified atom stereocenters. The van der Waals surface area contributed by atoms with E-state index in [1.807, 2.05) is 6.92 Å². The van der Waals surface area contributed by atoms with Crippen LogP contribution in [0.3, 0.4) is 0 Å². The molecule has 1 aromatic heterocycles. The standard InChI is InChI=1S/C21H20FNO4S2/c1-2-27-17-9-5-15(6-10-17)21(24)23-14-20(19-4-3-13-28-19)29(25,26)18-11-7-16(22)8-12-18/h3-13,20H,2,14H2,1H3,(H,23,24)/t20-/m0/s1. The summed E-state index contributed by atoms with van der Waals surface area (Å²) in [5.74, 6) is -0.247. The maximum absolute atomic E-state index is 13.2. The van der Waals surface area contributed by atoms with E-state index in [1.165, 1.54) is 23.5 Å². The number of carbonyl (C=O) groups is 1. The Kier molecular flexibility index (Phi) is 6.66. The number of amides is 1. The molecular weight excluding hydrogens is 413 g/mol. The van der Waals surface area contributed by atoms with Crippen LogP contribution >= 0.6 is 11.3 Å². The molecule has 0 spiro atoms. The molecule has 0 saturated carbocycles. The molecule has 152 valence electrons. The molecule has 2 aromatic carbocycles. The van der Waals surface area contributed by atoms with Gasteiger partial charge < -0.3 is 10.1 Å². The molecule has 1 atom stereocenters. The number of thiophene rings is 1. The van der Waals surface area contributed by atoms with Gasteiger partial charge in [-0.1, -0.05) is 6.07 Å². The highest BCUT2D eigenvalue weighted by atomic mass is 32.2. The van der Waals surface area contributed by atoms with Crippen LogP contribution in [0.1, 0.15) is 27.4 Å². The van der Waals surface area contributed by atoms with E-state index in [9.17, 15) is 17.6 Å². The zero-order valence-electron chi connectivity index (χ0n) is 15.7. The molecule has 1 heterocycles. The first-order chi connectivity index (χ1) is 13.9. The van der Waals surface area contributed by atoms with Crippen molar-refractivity contribution in [2.24, 2.45) is 0 Å². The number of halogens is 1. The molecule has 0 aliphatic carbocycles. The summed E-state index contributed by atoms with van der Waals surface area (Å²) < 4.78 is 44.8. The summed E-state index contributed by atoms with van der Waals surface area (Å²) in [5.41, 5.74) is 0.401. The topological polar surface area (TPSA) is 72.5 Å². The summed E-state index contributed by atoms with van der Waals surface area (Å²) in [6, 6.07) is 14.8. The van der Waals surface area contributed by atoms with Crippen molar-refractivity contribution in [3.63, 3.8) is 0 Å². The van der Waals surface area contributed by atoms with E-state index in [0.717, 1.165) is 12.1 Å². The first-order valence-electron chi connectivity index (χ1n) is 8.95. The number of rotatable bonds is 8. The van der Waals surface area contributed by atoms with Gasteiger partial charge in [-0.05, 0) is 66.9 Å². The fourth-order valence-corrected chi connectivity index (χ4v) is 5.57. The zero-order valence-corrected chi connectivity index (χ0v) is 17.3. The minimum Gasteiger partial charge on any atom is -0.494 e. The minimum atomic E-state index is -3.82. The van der Waals surface area contributed by atoms with Crippen molar-refractivity contribution in [2.75, 3.05) is 13.2 Å². The zero-order chi connectivity index (χ0) is 20.9. The van der Waals surface area contributed by atoms with E-state index >= 15 is 0 Å². The van der Waals surface area contributed by atoms with Gasteiger partial charge in [0.15, 0.2) is 9.84 Å². The summed E-state index contributed by atoms with van der Waals surface area (Å²) >= 11 is 1.29. The normalized spacial score (nSPS) is 12.3. The summed E-state index contributed by atoms with van der Waals surface area (Å²) in [4.78, 5) is 13.1. The second kappa shape index (κ2) is 9.19. The monoisotopic (exact) mass is 433 g/mol. The van der Waals surface area contributed by atoms with E-state index in [1.54, 1.807) is 41.8 Å². The highest BCUT2D eigenvalue weighted by molar-refractivity contribution is 7.91. The molecule has 1 amide bonds. The lowest BCUT2D eigenvalue weighted by Gasteiger charge is -2.17. The predicted molar refractivity (Wildman–Crippen MR) is 111 cm³/mol. The molecule has 0 fully saturated rings. The summed E-state index contributed by atoms with van der Waals surface area (Å²) in [6.07, 6.45) is 0. The van der Waals surface area contributed by atoms with Crippen LogP contribution < -0.4 is 10.1 Å². The van der Waals surface area contributed by atoms with E-state index in [4.69, 9.17) is 4.74 Å². The van der Waals surface area contributed by atoms with Crippen LogP contribution in [0.4, 0.5) is 4.39 Å². The van der Waals surface area contributed by atoms with Crippen LogP contribution in [0, 0.1) is 5.82 Å². The summed E-state index contributed by atoms with van der Waals surface area (Å²) in [5, 5.41) is 3.50. The summed E-state index contributed by atoms with van der Waals surface area (Å²) in [7, 11) is -3.82. The molecule has 0 aliphatic rings. The SMILES string of the molecule is CCOc1ccc(C(=O)NC[C@@H](c2cccs2)S(=O)(=O)c2ccc(F)cc2)cc1. The first-order valence-corrected chi connectivity index (χ1v) is 11.4. The van der Waals surface area contributed by atoms with Gasteiger partial charge in [-0.15, -0.1) is 11.3 Å². The smallest absolute Gasteiger partial charge is 0.251 e.